The van der Waals surface area contributed by atoms with Crippen molar-refractivity contribution in [3.63, 3.8) is 0 Å². The lowest BCUT2D eigenvalue weighted by Gasteiger charge is -2.16. The van der Waals surface area contributed by atoms with E-state index in [0.29, 0.717) is 12.1 Å². The van der Waals surface area contributed by atoms with Crippen LogP contribution in [0.25, 0.3) is 0 Å². The maximum absolute atomic E-state index is 13.4. The highest BCUT2D eigenvalue weighted by Gasteiger charge is 2.20. The smallest absolute Gasteiger partial charge is 0.415 e. The molecule has 2 aromatic rings. The van der Waals surface area contributed by atoms with E-state index in [2.05, 4.69) is 0 Å². The zero-order chi connectivity index (χ0) is 15.4. The van der Waals surface area contributed by atoms with E-state index in [0.717, 1.165) is 24.3 Å². The molecule has 3 nitrogen and oxygen atoms in total. The fourth-order valence-electron chi connectivity index (χ4n) is 1.35. The molecule has 0 amide bonds. The van der Waals surface area contributed by atoms with Gasteiger partial charge in [0.1, 0.15) is 11.6 Å². The van der Waals surface area contributed by atoms with Crippen molar-refractivity contribution in [3.05, 3.63) is 59.7 Å². The number of halogens is 4. The van der Waals surface area contributed by atoms with Crippen molar-refractivity contribution < 1.29 is 31.1 Å². The average Bonchev–Trinajstić information content (AvgIpc) is 2.43. The summed E-state index contributed by atoms with van der Waals surface area (Å²) in [5.74, 6) is -4.08. The van der Waals surface area contributed by atoms with Crippen molar-refractivity contribution in [1.82, 2.24) is 0 Å². The van der Waals surface area contributed by atoms with Crippen molar-refractivity contribution in [1.29, 1.82) is 0 Å². The molecule has 0 aliphatic rings. The highest BCUT2D eigenvalue weighted by Crippen LogP contribution is 2.42. The summed E-state index contributed by atoms with van der Waals surface area (Å²) in [5, 5.41) is 0. The van der Waals surface area contributed by atoms with Crippen molar-refractivity contribution in [2.24, 2.45) is 0 Å². The first kappa shape index (κ1) is 15.5. The van der Waals surface area contributed by atoms with E-state index in [1.54, 1.807) is 0 Å². The molecule has 21 heavy (non-hydrogen) atoms. The molecule has 0 saturated heterocycles. The Labute approximate surface area is 119 Å². The molecule has 0 spiro atoms. The van der Waals surface area contributed by atoms with Gasteiger partial charge < -0.3 is 9.05 Å². The third kappa shape index (κ3) is 4.06. The summed E-state index contributed by atoms with van der Waals surface area (Å²) in [5.41, 5.74) is 0. The Bertz CT molecular complexity index is 585. The van der Waals surface area contributed by atoms with Crippen LogP contribution in [0.15, 0.2) is 36.4 Å². The molecule has 0 atom stereocenters. The summed E-state index contributed by atoms with van der Waals surface area (Å²) in [6, 6.07) is 5.31. The molecule has 0 aliphatic carbocycles. The summed E-state index contributed by atoms with van der Waals surface area (Å²) in [4.78, 5) is 0. The van der Waals surface area contributed by atoms with Gasteiger partial charge in [0.2, 0.25) is 0 Å². The van der Waals surface area contributed by atoms with Crippen molar-refractivity contribution in [2.75, 3.05) is 7.11 Å². The Morgan fingerprint density at radius 1 is 0.762 bits per heavy atom. The molecule has 2 rings (SSSR count). The topological polar surface area (TPSA) is 27.7 Å². The first-order valence-electron chi connectivity index (χ1n) is 5.60. The quantitative estimate of drug-likeness (QED) is 0.596. The molecule has 0 bridgehead atoms. The number of rotatable bonds is 5. The van der Waals surface area contributed by atoms with E-state index in [9.17, 15) is 17.6 Å². The first-order chi connectivity index (χ1) is 9.99. The zero-order valence-corrected chi connectivity index (χ0v) is 11.5. The molecular formula is C13H9F4O3P. The van der Waals surface area contributed by atoms with Crippen molar-refractivity contribution in [2.45, 2.75) is 0 Å². The number of hydrogen-bond donors (Lipinski definition) is 0. The van der Waals surface area contributed by atoms with Gasteiger partial charge in [-0.05, 0) is 24.3 Å². The fraction of sp³-hybridized carbons (Fsp3) is 0.0769. The van der Waals surface area contributed by atoms with Crippen LogP contribution >= 0.6 is 8.60 Å². The Morgan fingerprint density at radius 2 is 1.19 bits per heavy atom. The molecule has 0 aliphatic heterocycles. The lowest BCUT2D eigenvalue weighted by Crippen LogP contribution is -2.00. The summed E-state index contributed by atoms with van der Waals surface area (Å²) in [6.07, 6.45) is 0. The van der Waals surface area contributed by atoms with Crippen LogP contribution in [0, 0.1) is 23.3 Å². The van der Waals surface area contributed by atoms with Gasteiger partial charge in [-0.25, -0.2) is 17.6 Å². The standard InChI is InChI=1S/C13H9F4O3P/c1-18-21(19-12-4-2-8(14)6-10(12)16)20-13-5-3-9(15)7-11(13)17/h2-7H,1H3. The molecule has 2 aromatic carbocycles. The van der Waals surface area contributed by atoms with E-state index in [1.165, 1.54) is 7.11 Å². The fourth-order valence-corrected chi connectivity index (χ4v) is 2.16. The summed E-state index contributed by atoms with van der Waals surface area (Å²) < 4.78 is 67.3. The van der Waals surface area contributed by atoms with Crippen LogP contribution in [0.5, 0.6) is 11.5 Å². The van der Waals surface area contributed by atoms with E-state index in [4.69, 9.17) is 13.6 Å². The van der Waals surface area contributed by atoms with Gasteiger partial charge in [-0.15, -0.1) is 0 Å². The highest BCUT2D eigenvalue weighted by molar-refractivity contribution is 7.42. The van der Waals surface area contributed by atoms with Crippen LogP contribution in [0.3, 0.4) is 0 Å². The van der Waals surface area contributed by atoms with E-state index in [1.807, 2.05) is 0 Å². The van der Waals surface area contributed by atoms with Gasteiger partial charge in [-0.1, -0.05) is 0 Å². The minimum Gasteiger partial charge on any atom is -0.415 e. The first-order valence-corrected chi connectivity index (χ1v) is 6.69. The molecule has 0 aromatic heterocycles. The van der Waals surface area contributed by atoms with Crippen LogP contribution in [0.1, 0.15) is 0 Å². The SMILES string of the molecule is COP(Oc1ccc(F)cc1F)Oc1ccc(F)cc1F. The highest BCUT2D eigenvalue weighted by atomic mass is 31.2. The van der Waals surface area contributed by atoms with Crippen LogP contribution in [-0.4, -0.2) is 7.11 Å². The number of hydrogen-bond acceptors (Lipinski definition) is 3. The Hall–Kier alpha value is -1.85. The lowest BCUT2D eigenvalue weighted by atomic mass is 10.3. The average molecular weight is 320 g/mol. The third-order valence-electron chi connectivity index (χ3n) is 2.28. The molecule has 8 heteroatoms. The van der Waals surface area contributed by atoms with Crippen LogP contribution < -0.4 is 9.05 Å². The molecule has 0 saturated carbocycles. The summed E-state index contributed by atoms with van der Waals surface area (Å²) in [6.45, 7) is 0. The Balaban J connectivity index is 2.13. The maximum Gasteiger partial charge on any atom is 0.462 e. The van der Waals surface area contributed by atoms with Crippen molar-refractivity contribution in [3.8, 4) is 11.5 Å². The predicted molar refractivity (Wildman–Crippen MR) is 67.9 cm³/mol. The van der Waals surface area contributed by atoms with Crippen LogP contribution in [0.2, 0.25) is 0 Å². The third-order valence-corrected chi connectivity index (χ3v) is 3.27. The van der Waals surface area contributed by atoms with E-state index < -0.39 is 31.9 Å². The molecule has 0 fully saturated rings. The molecule has 0 N–H and O–H groups in total. The second-order valence-electron chi connectivity index (χ2n) is 3.74. The van der Waals surface area contributed by atoms with Gasteiger partial charge in [0.25, 0.3) is 0 Å². The van der Waals surface area contributed by atoms with Gasteiger partial charge >= 0.3 is 8.60 Å². The predicted octanol–water partition coefficient (Wildman–Crippen LogP) is 4.57. The van der Waals surface area contributed by atoms with Crippen LogP contribution in [0.4, 0.5) is 17.6 Å². The molecule has 112 valence electrons. The molecular weight excluding hydrogens is 311 g/mol. The van der Waals surface area contributed by atoms with E-state index >= 15 is 0 Å². The largest absolute Gasteiger partial charge is 0.462 e. The molecule has 0 radical (unpaired) electrons. The Morgan fingerprint density at radius 3 is 1.52 bits per heavy atom. The molecule has 0 unspecified atom stereocenters. The van der Waals surface area contributed by atoms with Gasteiger partial charge in [0.05, 0.1) is 0 Å². The summed E-state index contributed by atoms with van der Waals surface area (Å²) in [7, 11) is -0.985. The minimum atomic E-state index is -2.19. The maximum atomic E-state index is 13.4. The van der Waals surface area contributed by atoms with Crippen LogP contribution in [-0.2, 0) is 4.52 Å². The lowest BCUT2D eigenvalue weighted by molar-refractivity contribution is 0.312. The normalized spacial score (nSPS) is 10.8. The second kappa shape index (κ2) is 6.74. The molecule has 0 heterocycles. The minimum absolute atomic E-state index is 0.313. The van der Waals surface area contributed by atoms with Crippen molar-refractivity contribution >= 4 is 8.60 Å². The van der Waals surface area contributed by atoms with Gasteiger partial charge in [-0.2, -0.15) is 0 Å². The monoisotopic (exact) mass is 320 g/mol. The zero-order valence-electron chi connectivity index (χ0n) is 10.6. The summed E-state index contributed by atoms with van der Waals surface area (Å²) >= 11 is 0. The second-order valence-corrected chi connectivity index (χ2v) is 4.92. The Kier molecular flexibility index (Phi) is 4.98. The van der Waals surface area contributed by atoms with E-state index in [-0.39, 0.29) is 11.5 Å². The van der Waals surface area contributed by atoms with Gasteiger partial charge in [0.15, 0.2) is 23.1 Å². The van der Waals surface area contributed by atoms with Gasteiger partial charge in [0, 0.05) is 19.2 Å². The number of benzene rings is 2. The van der Waals surface area contributed by atoms with Gasteiger partial charge in [-0.3, -0.25) is 4.52 Å².